The molecule has 0 fully saturated rings. The van der Waals surface area contributed by atoms with Crippen LogP contribution in [0.2, 0.25) is 0 Å². The molecule has 8 heteroatoms. The number of aromatic nitrogens is 2. The number of quaternary nitrogens is 1. The molecule has 0 aliphatic carbocycles. The van der Waals surface area contributed by atoms with Crippen molar-refractivity contribution < 1.29 is 19.5 Å². The molecule has 1 aromatic heterocycles. The number of carbonyl (C=O) groups excluding carboxylic acids is 1. The number of rotatable bonds is 9. The Morgan fingerprint density at radius 2 is 1.93 bits per heavy atom. The minimum absolute atomic E-state index is 0.0104. The van der Waals surface area contributed by atoms with E-state index in [0.717, 1.165) is 23.4 Å². The van der Waals surface area contributed by atoms with Crippen LogP contribution < -0.4 is 21.1 Å². The molecule has 0 aliphatic rings. The number of nitrogen functional groups attached to an aromatic ring is 1. The van der Waals surface area contributed by atoms with Gasteiger partial charge in [0.05, 0.1) is 13.1 Å². The van der Waals surface area contributed by atoms with Crippen molar-refractivity contribution in [2.24, 2.45) is 0 Å². The predicted molar refractivity (Wildman–Crippen MR) is 98.8 cm³/mol. The molecule has 140 valence electrons. The first-order valence-corrected chi connectivity index (χ1v) is 8.66. The number of amides is 1. The second kappa shape index (κ2) is 9.35. The van der Waals surface area contributed by atoms with Crippen molar-refractivity contribution in [2.75, 3.05) is 18.8 Å². The molecule has 2 aromatic carbocycles. The number of anilines is 1. The third kappa shape index (κ3) is 5.55. The van der Waals surface area contributed by atoms with Crippen LogP contribution in [-0.4, -0.2) is 29.3 Å². The molecular formula is C19H22N5O3+. The van der Waals surface area contributed by atoms with Gasteiger partial charge in [-0.1, -0.05) is 42.5 Å². The van der Waals surface area contributed by atoms with Gasteiger partial charge in [0.25, 0.3) is 5.91 Å². The van der Waals surface area contributed by atoms with Crippen LogP contribution in [0.3, 0.4) is 0 Å². The Bertz CT molecular complexity index is 867. The van der Waals surface area contributed by atoms with Crippen LogP contribution in [0.5, 0.6) is 5.75 Å². The van der Waals surface area contributed by atoms with Crippen molar-refractivity contribution in [1.29, 1.82) is 0 Å². The topological polar surface area (TPSA) is 120 Å². The summed E-state index contributed by atoms with van der Waals surface area (Å²) >= 11 is 0. The molecule has 8 nitrogen and oxygen atoms in total. The molecule has 0 aliphatic heterocycles. The first-order valence-electron chi connectivity index (χ1n) is 8.66. The number of nitrogens with zero attached hydrogens (tertiary/aromatic N) is 2. The van der Waals surface area contributed by atoms with Gasteiger partial charge in [-0.25, -0.2) is 4.63 Å². The lowest BCUT2D eigenvalue weighted by atomic mass is 10.2. The molecule has 1 amide bonds. The molecule has 5 N–H and O–H groups in total. The maximum absolute atomic E-state index is 11.8. The normalized spacial score (nSPS) is 10.5. The van der Waals surface area contributed by atoms with Gasteiger partial charge in [-0.2, -0.15) is 0 Å². The zero-order chi connectivity index (χ0) is 18.9. The smallest absolute Gasteiger partial charge is 0.277 e. The molecule has 0 spiro atoms. The van der Waals surface area contributed by atoms with Crippen LogP contribution in [0.4, 0.5) is 5.82 Å². The van der Waals surface area contributed by atoms with E-state index in [4.69, 9.17) is 10.5 Å². The number of nitrogens with one attached hydrogen (secondary N) is 1. The van der Waals surface area contributed by atoms with E-state index >= 15 is 0 Å². The monoisotopic (exact) mass is 368 g/mol. The van der Waals surface area contributed by atoms with Crippen LogP contribution in [0.15, 0.2) is 59.2 Å². The molecule has 27 heavy (non-hydrogen) atoms. The summed E-state index contributed by atoms with van der Waals surface area (Å²) in [6, 6.07) is 18.1. The molecule has 0 atom stereocenters. The van der Waals surface area contributed by atoms with E-state index in [0.29, 0.717) is 19.7 Å². The van der Waals surface area contributed by atoms with Gasteiger partial charge in [-0.3, -0.25) is 4.79 Å². The van der Waals surface area contributed by atoms with Crippen LogP contribution in [0.1, 0.15) is 21.6 Å². The Balaban J connectivity index is 1.38. The number of benzene rings is 2. The lowest BCUT2D eigenvalue weighted by Gasteiger charge is -2.08. The van der Waals surface area contributed by atoms with Crippen LogP contribution in [-0.2, 0) is 13.2 Å². The van der Waals surface area contributed by atoms with Crippen molar-refractivity contribution in [3.8, 4) is 5.75 Å². The summed E-state index contributed by atoms with van der Waals surface area (Å²) in [6.07, 6.45) is 0. The fourth-order valence-electron chi connectivity index (χ4n) is 2.50. The van der Waals surface area contributed by atoms with E-state index in [1.165, 1.54) is 0 Å². The first kappa shape index (κ1) is 18.4. The van der Waals surface area contributed by atoms with Crippen LogP contribution in [0, 0.1) is 0 Å². The third-order valence-electron chi connectivity index (χ3n) is 3.89. The molecule has 0 saturated carbocycles. The maximum atomic E-state index is 11.8. The zero-order valence-corrected chi connectivity index (χ0v) is 14.8. The SMILES string of the molecule is Nc1nonc1C(=O)NCC[NH2+]Cc1cccc(OCc2ccccc2)c1. The van der Waals surface area contributed by atoms with Gasteiger partial charge >= 0.3 is 0 Å². The molecule has 0 saturated heterocycles. The van der Waals surface area contributed by atoms with E-state index in [1.54, 1.807) is 0 Å². The summed E-state index contributed by atoms with van der Waals surface area (Å²) in [4.78, 5) is 11.8. The van der Waals surface area contributed by atoms with E-state index in [2.05, 4.69) is 25.6 Å². The second-order valence-electron chi connectivity index (χ2n) is 5.96. The molecule has 1 heterocycles. The zero-order valence-electron chi connectivity index (χ0n) is 14.8. The number of carbonyl (C=O) groups is 1. The first-order chi connectivity index (χ1) is 13.2. The highest BCUT2D eigenvalue weighted by atomic mass is 16.6. The van der Waals surface area contributed by atoms with Crippen LogP contribution in [0.25, 0.3) is 0 Å². The summed E-state index contributed by atoms with van der Waals surface area (Å²) in [6.45, 7) is 2.52. The Hall–Kier alpha value is -3.39. The van der Waals surface area contributed by atoms with Crippen molar-refractivity contribution >= 4 is 11.7 Å². The lowest BCUT2D eigenvalue weighted by molar-refractivity contribution is -0.668. The summed E-state index contributed by atoms with van der Waals surface area (Å²) in [5, 5.41) is 11.7. The van der Waals surface area contributed by atoms with Gasteiger partial charge in [0, 0.05) is 5.56 Å². The van der Waals surface area contributed by atoms with Gasteiger partial charge in [0.1, 0.15) is 18.9 Å². The van der Waals surface area contributed by atoms with Gasteiger partial charge in [0.15, 0.2) is 0 Å². The van der Waals surface area contributed by atoms with Crippen molar-refractivity contribution in [2.45, 2.75) is 13.2 Å². The number of ether oxygens (including phenoxy) is 1. The summed E-state index contributed by atoms with van der Waals surface area (Å²) in [5.74, 6) is 0.439. The van der Waals surface area contributed by atoms with Gasteiger partial charge in [-0.15, -0.1) is 0 Å². The largest absolute Gasteiger partial charge is 0.489 e. The molecule has 0 unspecified atom stereocenters. The summed E-state index contributed by atoms with van der Waals surface area (Å²) < 4.78 is 10.2. The Kier molecular flexibility index (Phi) is 6.37. The maximum Gasteiger partial charge on any atom is 0.277 e. The Morgan fingerprint density at radius 1 is 1.11 bits per heavy atom. The Labute approximate surface area is 156 Å². The number of hydrogen-bond acceptors (Lipinski definition) is 6. The van der Waals surface area contributed by atoms with Gasteiger partial charge < -0.3 is 21.1 Å². The van der Waals surface area contributed by atoms with E-state index in [-0.39, 0.29) is 11.5 Å². The number of nitrogens with two attached hydrogens (primary N) is 2. The van der Waals surface area contributed by atoms with Crippen LogP contribution >= 0.6 is 0 Å². The van der Waals surface area contributed by atoms with E-state index in [1.807, 2.05) is 54.6 Å². The summed E-state index contributed by atoms with van der Waals surface area (Å²) in [5.41, 5.74) is 7.77. The van der Waals surface area contributed by atoms with E-state index in [9.17, 15) is 4.79 Å². The third-order valence-corrected chi connectivity index (χ3v) is 3.89. The number of hydrogen-bond donors (Lipinski definition) is 3. The molecule has 3 aromatic rings. The highest BCUT2D eigenvalue weighted by Crippen LogP contribution is 2.14. The van der Waals surface area contributed by atoms with Gasteiger partial charge in [-0.05, 0) is 28.0 Å². The lowest BCUT2D eigenvalue weighted by Crippen LogP contribution is -2.84. The second-order valence-corrected chi connectivity index (χ2v) is 5.96. The molecule has 0 radical (unpaired) electrons. The van der Waals surface area contributed by atoms with Crippen molar-refractivity contribution in [3.05, 3.63) is 71.4 Å². The average Bonchev–Trinajstić information content (AvgIpc) is 3.13. The fourth-order valence-corrected chi connectivity index (χ4v) is 2.50. The van der Waals surface area contributed by atoms with E-state index < -0.39 is 5.91 Å². The predicted octanol–water partition coefficient (Wildman–Crippen LogP) is 0.724. The van der Waals surface area contributed by atoms with Crippen molar-refractivity contribution in [1.82, 2.24) is 15.6 Å². The molecule has 3 rings (SSSR count). The van der Waals surface area contributed by atoms with Gasteiger partial charge in [0.2, 0.25) is 11.5 Å². The standard InChI is InChI=1S/C19H21N5O3/c20-18-17(23-27-24-18)19(25)22-10-9-21-12-15-7-4-8-16(11-15)26-13-14-5-2-1-3-6-14/h1-8,11,21H,9-10,12-13H2,(H2,20,24)(H,22,25)/p+1. The van der Waals surface area contributed by atoms with Crippen molar-refractivity contribution in [3.63, 3.8) is 0 Å². The minimum atomic E-state index is -0.390. The minimum Gasteiger partial charge on any atom is -0.489 e. The highest BCUT2D eigenvalue weighted by Gasteiger charge is 2.15. The quantitative estimate of drug-likeness (QED) is 0.479. The molecular weight excluding hydrogens is 346 g/mol. The molecule has 0 bridgehead atoms. The summed E-state index contributed by atoms with van der Waals surface area (Å²) in [7, 11) is 0. The fraction of sp³-hybridized carbons (Fsp3) is 0.211. The highest BCUT2D eigenvalue weighted by molar-refractivity contribution is 5.95. The average molecular weight is 368 g/mol. The Morgan fingerprint density at radius 3 is 2.70 bits per heavy atom.